The van der Waals surface area contributed by atoms with Crippen LogP contribution < -0.4 is 4.74 Å². The van der Waals surface area contributed by atoms with Crippen LogP contribution >= 0.6 is 0 Å². The predicted molar refractivity (Wildman–Crippen MR) is 84.6 cm³/mol. The largest absolute Gasteiger partial charge is 0.497 e. The minimum Gasteiger partial charge on any atom is -0.497 e. The molecule has 1 aromatic rings. The van der Waals surface area contributed by atoms with Crippen LogP contribution in [0.15, 0.2) is 24.3 Å². The molecule has 1 saturated heterocycles. The number of hydrogen-bond acceptors (Lipinski definition) is 3. The molecule has 118 valence electrons. The van der Waals surface area contributed by atoms with E-state index in [-0.39, 0.29) is 6.29 Å². The highest BCUT2D eigenvalue weighted by molar-refractivity contribution is 5.27. The maximum Gasteiger partial charge on any atom is 0.184 e. The summed E-state index contributed by atoms with van der Waals surface area (Å²) >= 11 is 0. The fraction of sp³-hybridized carbons (Fsp3) is 0.667. The molecule has 1 aliphatic rings. The van der Waals surface area contributed by atoms with Gasteiger partial charge in [0.15, 0.2) is 6.29 Å². The second-order valence-corrected chi connectivity index (χ2v) is 5.73. The average Bonchev–Trinajstić information content (AvgIpc) is 2.55. The van der Waals surface area contributed by atoms with Crippen molar-refractivity contribution in [2.45, 2.75) is 64.3 Å². The Bertz CT molecular complexity index is 388. The molecule has 0 bridgehead atoms. The Labute approximate surface area is 128 Å². The Hall–Kier alpha value is -1.06. The van der Waals surface area contributed by atoms with E-state index in [2.05, 4.69) is 6.92 Å². The van der Waals surface area contributed by atoms with Gasteiger partial charge in [0.25, 0.3) is 0 Å². The van der Waals surface area contributed by atoms with Crippen LogP contribution in [0, 0.1) is 0 Å². The molecule has 0 aromatic heterocycles. The number of unbranched alkanes of at least 4 members (excludes halogenated alkanes) is 4. The molecule has 3 nitrogen and oxygen atoms in total. The van der Waals surface area contributed by atoms with Crippen LogP contribution in [0.4, 0.5) is 0 Å². The molecule has 0 spiro atoms. The topological polar surface area (TPSA) is 27.7 Å². The van der Waals surface area contributed by atoms with Crippen LogP contribution in [0.3, 0.4) is 0 Å². The van der Waals surface area contributed by atoms with Gasteiger partial charge in [-0.05, 0) is 25.0 Å². The van der Waals surface area contributed by atoms with Crippen molar-refractivity contribution in [1.29, 1.82) is 0 Å². The molecule has 0 aliphatic carbocycles. The zero-order chi connectivity index (χ0) is 14.9. The minimum absolute atomic E-state index is 0.217. The summed E-state index contributed by atoms with van der Waals surface area (Å²) in [4.78, 5) is 0. The maximum atomic E-state index is 6.09. The second kappa shape index (κ2) is 9.06. The van der Waals surface area contributed by atoms with Gasteiger partial charge in [-0.25, -0.2) is 0 Å². The van der Waals surface area contributed by atoms with Crippen molar-refractivity contribution in [3.63, 3.8) is 0 Å². The van der Waals surface area contributed by atoms with E-state index in [9.17, 15) is 0 Å². The van der Waals surface area contributed by atoms with Crippen molar-refractivity contribution in [2.75, 3.05) is 13.7 Å². The van der Waals surface area contributed by atoms with E-state index in [0.717, 1.165) is 30.8 Å². The molecule has 1 unspecified atom stereocenters. The van der Waals surface area contributed by atoms with E-state index in [1.165, 1.54) is 32.1 Å². The Morgan fingerprint density at radius 3 is 2.57 bits per heavy atom. The second-order valence-electron chi connectivity index (χ2n) is 5.73. The van der Waals surface area contributed by atoms with E-state index in [1.54, 1.807) is 7.11 Å². The van der Waals surface area contributed by atoms with Crippen LogP contribution in [0.1, 0.15) is 63.7 Å². The van der Waals surface area contributed by atoms with Gasteiger partial charge in [0.05, 0.1) is 19.8 Å². The number of hydrogen-bond donors (Lipinski definition) is 0. The number of methoxy groups -OCH3 is 1. The molecule has 1 fully saturated rings. The first kappa shape index (κ1) is 16.3. The molecule has 0 amide bonds. The summed E-state index contributed by atoms with van der Waals surface area (Å²) in [5.41, 5.74) is 1.08. The molecule has 2 rings (SSSR count). The van der Waals surface area contributed by atoms with Crippen LogP contribution in [-0.4, -0.2) is 19.8 Å². The Morgan fingerprint density at radius 2 is 1.86 bits per heavy atom. The van der Waals surface area contributed by atoms with Crippen molar-refractivity contribution >= 4 is 0 Å². The predicted octanol–water partition coefficient (Wildman–Crippen LogP) is 4.86. The lowest BCUT2D eigenvalue weighted by Crippen LogP contribution is -2.26. The van der Waals surface area contributed by atoms with Gasteiger partial charge < -0.3 is 14.2 Å². The lowest BCUT2D eigenvalue weighted by atomic mass is 10.1. The van der Waals surface area contributed by atoms with Gasteiger partial charge in [-0.15, -0.1) is 0 Å². The number of rotatable bonds is 8. The first-order valence-corrected chi connectivity index (χ1v) is 8.24. The SMILES string of the molecule is CCCCCCCC1CCO[C@@H](c2ccc(OC)cc2)O1. The minimum atomic E-state index is -0.217. The standard InChI is InChI=1S/C18H28O3/c1-3-4-5-6-7-8-17-13-14-20-18(21-17)15-9-11-16(19-2)12-10-15/h9-12,17-18H,3-8,13-14H2,1-2H3/t17?,18-/m1/s1. The van der Waals surface area contributed by atoms with E-state index in [0.29, 0.717) is 6.10 Å². The van der Waals surface area contributed by atoms with Crippen molar-refractivity contribution in [3.8, 4) is 5.75 Å². The molecular formula is C18H28O3. The van der Waals surface area contributed by atoms with Gasteiger partial charge in [0.2, 0.25) is 0 Å². The zero-order valence-corrected chi connectivity index (χ0v) is 13.3. The van der Waals surface area contributed by atoms with Crippen molar-refractivity contribution in [2.24, 2.45) is 0 Å². The lowest BCUT2D eigenvalue weighted by molar-refractivity contribution is -0.218. The highest BCUT2D eigenvalue weighted by atomic mass is 16.7. The molecule has 0 saturated carbocycles. The van der Waals surface area contributed by atoms with Gasteiger partial charge in [0.1, 0.15) is 5.75 Å². The van der Waals surface area contributed by atoms with Gasteiger partial charge in [-0.2, -0.15) is 0 Å². The first-order chi connectivity index (χ1) is 10.3. The molecule has 3 heteroatoms. The van der Waals surface area contributed by atoms with E-state index in [1.807, 2.05) is 24.3 Å². The van der Waals surface area contributed by atoms with E-state index < -0.39 is 0 Å². The molecule has 1 heterocycles. The highest BCUT2D eigenvalue weighted by Crippen LogP contribution is 2.29. The van der Waals surface area contributed by atoms with Gasteiger partial charge in [0, 0.05) is 5.56 Å². The summed E-state index contributed by atoms with van der Waals surface area (Å²) in [6, 6.07) is 7.95. The van der Waals surface area contributed by atoms with Gasteiger partial charge >= 0.3 is 0 Å². The fourth-order valence-electron chi connectivity index (χ4n) is 2.71. The molecule has 1 aromatic carbocycles. The number of benzene rings is 1. The highest BCUT2D eigenvalue weighted by Gasteiger charge is 2.23. The maximum absolute atomic E-state index is 6.09. The third-order valence-electron chi connectivity index (χ3n) is 4.04. The quantitative estimate of drug-likeness (QED) is 0.640. The molecule has 0 N–H and O–H groups in total. The summed E-state index contributed by atoms with van der Waals surface area (Å²) in [5.74, 6) is 0.863. The molecule has 0 radical (unpaired) electrons. The number of ether oxygens (including phenoxy) is 3. The third-order valence-corrected chi connectivity index (χ3v) is 4.04. The van der Waals surface area contributed by atoms with Crippen molar-refractivity contribution in [3.05, 3.63) is 29.8 Å². The molecule has 21 heavy (non-hydrogen) atoms. The fourth-order valence-corrected chi connectivity index (χ4v) is 2.71. The van der Waals surface area contributed by atoms with Crippen LogP contribution in [0.25, 0.3) is 0 Å². The van der Waals surface area contributed by atoms with E-state index >= 15 is 0 Å². The lowest BCUT2D eigenvalue weighted by Gasteiger charge is -2.30. The summed E-state index contributed by atoms with van der Waals surface area (Å²) < 4.78 is 17.0. The summed E-state index contributed by atoms with van der Waals surface area (Å²) in [6.07, 6.45) is 8.87. The van der Waals surface area contributed by atoms with Crippen molar-refractivity contribution < 1.29 is 14.2 Å². The summed E-state index contributed by atoms with van der Waals surface area (Å²) in [7, 11) is 1.68. The van der Waals surface area contributed by atoms with E-state index in [4.69, 9.17) is 14.2 Å². The summed E-state index contributed by atoms with van der Waals surface area (Å²) in [6.45, 7) is 3.04. The first-order valence-electron chi connectivity index (χ1n) is 8.24. The van der Waals surface area contributed by atoms with Gasteiger partial charge in [-0.1, -0.05) is 51.2 Å². The molecule has 2 atom stereocenters. The zero-order valence-electron chi connectivity index (χ0n) is 13.3. The Kier molecular flexibility index (Phi) is 7.04. The van der Waals surface area contributed by atoms with Crippen LogP contribution in [0.5, 0.6) is 5.75 Å². The van der Waals surface area contributed by atoms with Gasteiger partial charge in [-0.3, -0.25) is 0 Å². The molecule has 1 aliphatic heterocycles. The Morgan fingerprint density at radius 1 is 1.10 bits per heavy atom. The average molecular weight is 292 g/mol. The van der Waals surface area contributed by atoms with Crippen LogP contribution in [0.2, 0.25) is 0 Å². The normalized spacial score (nSPS) is 22.2. The third kappa shape index (κ3) is 5.33. The summed E-state index contributed by atoms with van der Waals surface area (Å²) in [5, 5.41) is 0. The Balaban J connectivity index is 1.77. The molecular weight excluding hydrogens is 264 g/mol. The monoisotopic (exact) mass is 292 g/mol. The van der Waals surface area contributed by atoms with Crippen LogP contribution in [-0.2, 0) is 9.47 Å². The van der Waals surface area contributed by atoms with Crippen molar-refractivity contribution in [1.82, 2.24) is 0 Å². The smallest absolute Gasteiger partial charge is 0.184 e.